The van der Waals surface area contributed by atoms with Crippen LogP contribution < -0.4 is 11.1 Å². The highest BCUT2D eigenvalue weighted by Crippen LogP contribution is 2.31. The molecule has 0 aliphatic carbocycles. The second-order valence-electron chi connectivity index (χ2n) is 4.73. The van der Waals surface area contributed by atoms with Crippen LogP contribution in [0.5, 0.6) is 0 Å². The summed E-state index contributed by atoms with van der Waals surface area (Å²) in [6.45, 7) is -0.556. The first kappa shape index (κ1) is 16.7. The van der Waals surface area contributed by atoms with Gasteiger partial charge in [-0.1, -0.05) is 6.07 Å². The number of nitrogens with one attached hydrogen (secondary N) is 1. The summed E-state index contributed by atoms with van der Waals surface area (Å²) in [7, 11) is -3.76. The molecule has 2 aromatic rings. The Hall–Kier alpha value is -2.65. The van der Waals surface area contributed by atoms with Crippen molar-refractivity contribution in [2.75, 3.05) is 23.4 Å². The van der Waals surface area contributed by atoms with Crippen molar-refractivity contribution >= 4 is 32.6 Å². The monoisotopic (exact) mass is 337 g/mol. The first-order valence-electron chi connectivity index (χ1n) is 6.58. The van der Waals surface area contributed by atoms with Crippen LogP contribution in [-0.2, 0) is 9.84 Å². The normalized spacial score (nSPS) is 11.2. The highest BCUT2D eigenvalue weighted by atomic mass is 32.2. The van der Waals surface area contributed by atoms with E-state index in [1.54, 1.807) is 24.3 Å². The number of anilines is 3. The van der Waals surface area contributed by atoms with Crippen LogP contribution in [0.15, 0.2) is 47.4 Å². The van der Waals surface area contributed by atoms with E-state index in [1.807, 2.05) is 0 Å². The summed E-state index contributed by atoms with van der Waals surface area (Å²) in [5, 5.41) is 22.8. The van der Waals surface area contributed by atoms with Crippen LogP contribution in [0.1, 0.15) is 0 Å². The Morgan fingerprint density at radius 1 is 1.22 bits per heavy atom. The standard InChI is InChI=1S/C14H15N3O5S/c15-10-2-1-3-11(8-10)16-13-5-4-12(9-14(13)17(19)20)23(21,22)7-6-18/h1-5,8-9,16,18H,6-7,15H2. The van der Waals surface area contributed by atoms with Gasteiger partial charge in [0.05, 0.1) is 22.2 Å². The number of nitrogens with two attached hydrogens (primary N) is 1. The summed E-state index contributed by atoms with van der Waals surface area (Å²) >= 11 is 0. The molecule has 0 radical (unpaired) electrons. The quantitative estimate of drug-likeness (QED) is 0.414. The van der Waals surface area contributed by atoms with Crippen molar-refractivity contribution in [3.8, 4) is 0 Å². The second kappa shape index (κ2) is 6.63. The molecule has 9 heteroatoms. The zero-order valence-corrected chi connectivity index (χ0v) is 12.8. The minimum atomic E-state index is -3.76. The minimum absolute atomic E-state index is 0.142. The molecule has 0 atom stereocenters. The Labute approximate surface area is 132 Å². The van der Waals surface area contributed by atoms with Crippen LogP contribution in [0.25, 0.3) is 0 Å². The molecule has 0 aliphatic heterocycles. The third-order valence-corrected chi connectivity index (χ3v) is 4.74. The lowest BCUT2D eigenvalue weighted by Gasteiger charge is -2.09. The zero-order chi connectivity index (χ0) is 17.0. The molecular formula is C14H15N3O5S. The second-order valence-corrected chi connectivity index (χ2v) is 6.84. The molecule has 0 unspecified atom stereocenters. The number of rotatable bonds is 6. The van der Waals surface area contributed by atoms with Gasteiger partial charge in [0.2, 0.25) is 0 Å². The number of hydrogen-bond donors (Lipinski definition) is 3. The van der Waals surface area contributed by atoms with Gasteiger partial charge in [0, 0.05) is 17.4 Å². The lowest BCUT2D eigenvalue weighted by Crippen LogP contribution is -2.10. The molecule has 0 saturated heterocycles. The van der Waals surface area contributed by atoms with Crippen molar-refractivity contribution < 1.29 is 18.4 Å². The van der Waals surface area contributed by atoms with Gasteiger partial charge in [0.25, 0.3) is 5.69 Å². The van der Waals surface area contributed by atoms with Gasteiger partial charge in [-0.3, -0.25) is 10.1 Å². The highest BCUT2D eigenvalue weighted by Gasteiger charge is 2.21. The summed E-state index contributed by atoms with van der Waals surface area (Å²) in [6.07, 6.45) is 0. The summed E-state index contributed by atoms with van der Waals surface area (Å²) in [4.78, 5) is 10.3. The Morgan fingerprint density at radius 3 is 2.57 bits per heavy atom. The Morgan fingerprint density at radius 2 is 1.96 bits per heavy atom. The van der Waals surface area contributed by atoms with E-state index in [9.17, 15) is 18.5 Å². The number of nitro groups is 1. The number of aliphatic hydroxyl groups is 1. The summed E-state index contributed by atoms with van der Waals surface area (Å²) < 4.78 is 23.8. The molecule has 0 saturated carbocycles. The maximum Gasteiger partial charge on any atom is 0.293 e. The number of sulfone groups is 1. The van der Waals surface area contributed by atoms with Gasteiger partial charge in [-0.05, 0) is 30.3 Å². The van der Waals surface area contributed by atoms with E-state index in [4.69, 9.17) is 10.8 Å². The average Bonchev–Trinajstić information content (AvgIpc) is 2.47. The van der Waals surface area contributed by atoms with Gasteiger partial charge in [-0.25, -0.2) is 8.42 Å². The van der Waals surface area contributed by atoms with E-state index in [0.717, 1.165) is 6.07 Å². The van der Waals surface area contributed by atoms with Crippen molar-refractivity contribution in [1.82, 2.24) is 0 Å². The van der Waals surface area contributed by atoms with Gasteiger partial charge in [-0.15, -0.1) is 0 Å². The molecule has 0 bridgehead atoms. The maximum absolute atomic E-state index is 11.9. The average molecular weight is 337 g/mol. The van der Waals surface area contributed by atoms with Crippen LogP contribution in [0.2, 0.25) is 0 Å². The highest BCUT2D eigenvalue weighted by molar-refractivity contribution is 7.91. The molecule has 2 rings (SSSR count). The van der Waals surface area contributed by atoms with E-state index >= 15 is 0 Å². The van der Waals surface area contributed by atoms with Gasteiger partial charge >= 0.3 is 0 Å². The number of aliphatic hydroxyl groups excluding tert-OH is 1. The van der Waals surface area contributed by atoms with Crippen LogP contribution in [-0.4, -0.2) is 30.8 Å². The molecule has 0 fully saturated rings. The molecule has 4 N–H and O–H groups in total. The van der Waals surface area contributed by atoms with Gasteiger partial charge in [-0.2, -0.15) is 0 Å². The van der Waals surface area contributed by atoms with Crippen molar-refractivity contribution in [2.24, 2.45) is 0 Å². The van der Waals surface area contributed by atoms with E-state index in [0.29, 0.717) is 11.4 Å². The third kappa shape index (κ3) is 3.96. The fourth-order valence-electron chi connectivity index (χ4n) is 1.97. The fourth-order valence-corrected chi connectivity index (χ4v) is 3.01. The van der Waals surface area contributed by atoms with Crippen molar-refractivity contribution in [1.29, 1.82) is 0 Å². The third-order valence-electron chi connectivity index (χ3n) is 3.05. The van der Waals surface area contributed by atoms with Crippen LogP contribution >= 0.6 is 0 Å². The fraction of sp³-hybridized carbons (Fsp3) is 0.143. The van der Waals surface area contributed by atoms with Gasteiger partial charge in [0.1, 0.15) is 5.69 Å². The Bertz CT molecular complexity index is 836. The van der Waals surface area contributed by atoms with Gasteiger partial charge in [0.15, 0.2) is 9.84 Å². The smallest absolute Gasteiger partial charge is 0.293 e. The first-order chi connectivity index (χ1) is 10.8. The molecule has 0 spiro atoms. The molecule has 0 aromatic heterocycles. The van der Waals surface area contributed by atoms with Crippen molar-refractivity contribution in [3.05, 3.63) is 52.6 Å². The summed E-state index contributed by atoms with van der Waals surface area (Å²) in [6, 6.07) is 10.2. The molecule has 122 valence electrons. The zero-order valence-electron chi connectivity index (χ0n) is 12.0. The number of benzene rings is 2. The molecule has 0 amide bonds. The van der Waals surface area contributed by atoms with Crippen molar-refractivity contribution in [2.45, 2.75) is 4.90 Å². The number of nitrogen functional groups attached to an aromatic ring is 1. The number of nitro benzene ring substituents is 1. The van der Waals surface area contributed by atoms with E-state index in [-0.39, 0.29) is 16.3 Å². The van der Waals surface area contributed by atoms with Crippen molar-refractivity contribution in [3.63, 3.8) is 0 Å². The first-order valence-corrected chi connectivity index (χ1v) is 8.23. The Balaban J connectivity index is 2.43. The predicted molar refractivity (Wildman–Crippen MR) is 86.4 cm³/mol. The van der Waals surface area contributed by atoms with Crippen LogP contribution in [0.3, 0.4) is 0 Å². The van der Waals surface area contributed by atoms with Crippen LogP contribution in [0.4, 0.5) is 22.7 Å². The van der Waals surface area contributed by atoms with E-state index in [2.05, 4.69) is 5.32 Å². The predicted octanol–water partition coefficient (Wildman–Crippen LogP) is 1.69. The molecule has 0 aliphatic rings. The summed E-state index contributed by atoms with van der Waals surface area (Å²) in [5.41, 5.74) is 6.43. The molecule has 2 aromatic carbocycles. The topological polar surface area (TPSA) is 136 Å². The number of hydrogen-bond acceptors (Lipinski definition) is 7. The molecule has 0 heterocycles. The van der Waals surface area contributed by atoms with Gasteiger partial charge < -0.3 is 16.2 Å². The van der Waals surface area contributed by atoms with E-state index in [1.165, 1.54) is 12.1 Å². The minimum Gasteiger partial charge on any atom is -0.399 e. The number of nitrogens with zero attached hydrogens (tertiary/aromatic N) is 1. The largest absolute Gasteiger partial charge is 0.399 e. The molecule has 8 nitrogen and oxygen atoms in total. The van der Waals surface area contributed by atoms with E-state index < -0.39 is 27.1 Å². The van der Waals surface area contributed by atoms with Crippen LogP contribution in [0, 0.1) is 10.1 Å². The lowest BCUT2D eigenvalue weighted by atomic mass is 10.2. The summed E-state index contributed by atoms with van der Waals surface area (Å²) in [5.74, 6) is -0.494. The SMILES string of the molecule is Nc1cccc(Nc2ccc(S(=O)(=O)CCO)cc2[N+](=O)[O-])c1. The lowest BCUT2D eigenvalue weighted by molar-refractivity contribution is -0.384. The maximum atomic E-state index is 11.9. The molecular weight excluding hydrogens is 322 g/mol. The Kier molecular flexibility index (Phi) is 4.82. The molecule has 23 heavy (non-hydrogen) atoms.